The third kappa shape index (κ3) is 20.1. The average Bonchev–Trinajstić information content (AvgIpc) is 1.56. The molecule has 7 aromatic rings. The van der Waals surface area contributed by atoms with E-state index in [2.05, 4.69) is 50.5 Å². The highest BCUT2D eigenvalue weighted by molar-refractivity contribution is 7.80. The molecule has 0 spiro atoms. The highest BCUT2D eigenvalue weighted by Crippen LogP contribution is 2.62. The molecule has 55 heteroatoms. The van der Waals surface area contributed by atoms with Gasteiger partial charge in [0.15, 0.2) is 70.9 Å². The SMILES string of the molecule is C#Cc1cn([C@@H]2O[C@](F)(COP3(=O)OCc4cccc(OC)c4O3)[C@@H](O)[C@H]2O)c(=O)[nH]c1=S.[2H]C([2H])(OP1(=O)OCc2cccc(OC)c2O1)[C@@]1(F)O[C@@H](n2cc(C#C)c(=S)[nH]c2=O)[C@H](O)[C@@H]1O.[2H]C([2H])(OP1(=O)OCc2cccc(OC)c2O1)[C@@]1(F)O[C@@]([2H])(N2C=C(C#C)C(=S)NC2=C)[C@H](O)[C@@H]1O.[2H][C@@]1(n2cc(C#C)c(=S)[nH]c2=O)O[C@](F)(COP2(=O)OCc3cccc(OC)c3O2)[C@@H](O)[C@H]1O. The van der Waals surface area contributed by atoms with Gasteiger partial charge in [-0.05, 0) is 24.3 Å². The summed E-state index contributed by atoms with van der Waals surface area (Å²) in [4.78, 5) is 44.3. The standard InChI is InChI=1S/C20H20FN2O8PS.3C19H18FN2O9PS/c1-4-12-8-23(11(2)22-18(12)33)19-15(24)17(25)20(21,30-19)10-29-32(26)28-9-13-6-5-7-14(27-3)16(13)31-32;3*1-3-10-7-22(18(25)21-16(10)33)17-13(23)15(24)19(20,30-17)9-29-32(26)28-8-11-5-4-6-12(27-2)14(11)31-32/h1,5-8,15,17,19,24-25H,2,9-10H2,3H3,(H,22,33);3*1,4-7,13,15,17,23-24H,8-9H2,2H3,(H,21,25,33)/t15-,17+,19-,20-,32?;3*13-,15+,17-,19-,32?/m1111/s1/i10D2,19D;17D;9D2;. The van der Waals surface area contributed by atoms with Crippen molar-refractivity contribution in [3.8, 4) is 95.4 Å². The van der Waals surface area contributed by atoms with Crippen LogP contribution in [0.15, 0.2) is 130 Å². The first kappa shape index (κ1) is 91.0. The quantitative estimate of drug-likeness (QED) is 0.0171. The van der Waals surface area contributed by atoms with Gasteiger partial charge in [0, 0.05) is 47.0 Å². The Morgan fingerprint density at radius 1 is 0.470 bits per heavy atom. The first-order valence-electron chi connectivity index (χ1n) is 40.2. The van der Waals surface area contributed by atoms with E-state index in [0.29, 0.717) is 31.4 Å². The second kappa shape index (κ2) is 39.4. The number of H-pyrrole nitrogens is 3. The number of alkyl halides is 4. The van der Waals surface area contributed by atoms with Gasteiger partial charge in [-0.3, -0.25) is 64.8 Å². The Bertz CT molecular complexity index is 6820. The summed E-state index contributed by atoms with van der Waals surface area (Å²) in [5.74, 6) is -4.90. The Morgan fingerprint density at radius 3 is 1.14 bits per heavy atom. The number of thiocarbonyl (C=S) groups is 1. The molecule has 9 aliphatic rings. The molecule has 0 aliphatic carbocycles. The molecule has 20 atom stereocenters. The zero-order valence-corrected chi connectivity index (χ0v) is 74.4. The third-order valence-electron chi connectivity index (χ3n) is 19.6. The number of hydrogen-bond donors (Lipinski definition) is 12. The molecule has 0 bridgehead atoms. The van der Waals surface area contributed by atoms with Crippen LogP contribution in [0.3, 0.4) is 0 Å². The highest BCUT2D eigenvalue weighted by atomic mass is 32.1. The molecule has 9 aliphatic heterocycles. The van der Waals surface area contributed by atoms with Crippen molar-refractivity contribution >= 4 is 85.2 Å². The number of terminal acetylenes is 4. The number of halogens is 4. The summed E-state index contributed by atoms with van der Waals surface area (Å²) in [6.45, 7) is -7.53. The van der Waals surface area contributed by atoms with E-state index in [1.807, 2.05) is 0 Å². The molecular weight excluding hydrogens is 1930 g/mol. The van der Waals surface area contributed by atoms with Crippen molar-refractivity contribution in [3.63, 3.8) is 0 Å². The summed E-state index contributed by atoms with van der Waals surface area (Å²) >= 11 is 19.7. The molecule has 132 heavy (non-hydrogen) atoms. The fourth-order valence-electron chi connectivity index (χ4n) is 12.8. The molecule has 0 radical (unpaired) electrons. The van der Waals surface area contributed by atoms with Crippen LogP contribution in [0.5, 0.6) is 46.0 Å². The Kier molecular flexibility index (Phi) is 27.2. The molecular formula is C77H74F4N8O35P4S4. The molecule has 4 aromatic carbocycles. The topological polar surface area (TPSA) is 543 Å². The number of nitrogens with one attached hydrogen (secondary N) is 4. The number of fused-ring (bicyclic) bond motifs is 4. The van der Waals surface area contributed by atoms with Gasteiger partial charge in [-0.15, -0.1) is 25.7 Å². The van der Waals surface area contributed by atoms with E-state index in [9.17, 15) is 73.5 Å². The third-order valence-corrected chi connectivity index (χ3v) is 25.8. The molecule has 0 amide bonds. The average molecular weight is 2010 g/mol. The summed E-state index contributed by atoms with van der Waals surface area (Å²) in [6.07, 6.45) is -3.03. The van der Waals surface area contributed by atoms with E-state index in [-0.39, 0.29) is 119 Å². The number of nitrogens with zero attached hydrogens (tertiary/aromatic N) is 4. The van der Waals surface area contributed by atoms with Crippen molar-refractivity contribution in [2.45, 2.75) is 124 Å². The lowest BCUT2D eigenvalue weighted by Crippen LogP contribution is -2.47. The number of aromatic nitrogens is 6. The summed E-state index contributed by atoms with van der Waals surface area (Å²) in [7, 11) is -13.2. The number of aliphatic hydroxyl groups excluding tert-OH is 8. The van der Waals surface area contributed by atoms with Crippen LogP contribution in [-0.4, -0.2) is 213 Å². The molecule has 16 rings (SSSR count). The highest BCUT2D eigenvalue weighted by Gasteiger charge is 2.63. The number of phosphoric acid groups is 4. The zero-order valence-electron chi connectivity index (χ0n) is 73.6. The Hall–Kier alpha value is -10.2. The molecule has 4 fully saturated rings. The van der Waals surface area contributed by atoms with Crippen LogP contribution in [0, 0.1) is 63.3 Å². The Labute approximate surface area is 770 Å². The lowest BCUT2D eigenvalue weighted by molar-refractivity contribution is -0.207. The number of para-hydroxylation sites is 4. The number of benzene rings is 4. The van der Waals surface area contributed by atoms with Gasteiger partial charge in [-0.1, -0.05) is 128 Å². The van der Waals surface area contributed by atoms with Crippen LogP contribution < -0.4 is 59.4 Å². The van der Waals surface area contributed by atoms with E-state index >= 15 is 17.6 Å². The Morgan fingerprint density at radius 2 is 0.773 bits per heavy atom. The Balaban J connectivity index is 0.000000155. The van der Waals surface area contributed by atoms with Crippen LogP contribution in [0.25, 0.3) is 0 Å². The first-order chi connectivity index (χ1) is 64.6. The normalized spacial score (nSPS) is 33.5. The lowest BCUT2D eigenvalue weighted by Gasteiger charge is -2.34. The van der Waals surface area contributed by atoms with Crippen LogP contribution >= 0.6 is 80.2 Å². The van der Waals surface area contributed by atoms with Crippen molar-refractivity contribution in [1.29, 1.82) is 0 Å². The van der Waals surface area contributed by atoms with Crippen LogP contribution in [0.4, 0.5) is 17.6 Å². The maximum atomic E-state index is 16.1. The van der Waals surface area contributed by atoms with E-state index in [0.717, 1.165) is 34.3 Å². The minimum atomic E-state index is -4.89. The number of ether oxygens (including phenoxy) is 8. The van der Waals surface area contributed by atoms with E-state index in [1.54, 1.807) is 54.6 Å². The molecule has 12 heterocycles. The molecule has 12 N–H and O–H groups in total. The molecule has 0 saturated carbocycles. The summed E-state index contributed by atoms with van der Waals surface area (Å²) in [6, 6.07) is 19.0. The lowest BCUT2D eigenvalue weighted by atomic mass is 10.1. The van der Waals surface area contributed by atoms with Gasteiger partial charge in [0.1, 0.15) is 99.9 Å². The maximum absolute atomic E-state index is 16.1. The predicted octanol–water partition coefficient (Wildman–Crippen LogP) is 6.33. The monoisotopic (exact) mass is 2000 g/mol. The van der Waals surface area contributed by atoms with Gasteiger partial charge in [0.2, 0.25) is 0 Å². The van der Waals surface area contributed by atoms with Gasteiger partial charge >= 0.3 is 48.4 Å². The molecule has 3 aromatic heterocycles. The summed E-state index contributed by atoms with van der Waals surface area (Å²) < 4.78 is 267. The van der Waals surface area contributed by atoms with Crippen molar-refractivity contribution in [2.24, 2.45) is 0 Å². The largest absolute Gasteiger partial charge is 0.530 e. The van der Waals surface area contributed by atoms with E-state index < -0.39 is 172 Å². The minimum Gasteiger partial charge on any atom is -0.493 e. The zero-order chi connectivity index (χ0) is 101. The van der Waals surface area contributed by atoms with Crippen molar-refractivity contribution in [3.05, 3.63) is 200 Å². The number of phosphoric ester groups is 4. The fourth-order valence-corrected chi connectivity index (χ4v) is 18.3. The molecule has 4 saturated heterocycles. The van der Waals surface area contributed by atoms with Gasteiger partial charge < -0.3 is 107 Å². The van der Waals surface area contributed by atoms with Crippen molar-refractivity contribution < 1.29 is 177 Å². The number of methoxy groups -OCH3 is 4. The number of aromatic amines is 3. The number of hydrogen-bond acceptors (Lipinski definition) is 40. The second-order valence-electron chi connectivity index (χ2n) is 27.9. The number of rotatable bonds is 20. The number of aliphatic hydroxyl groups is 8. The van der Waals surface area contributed by atoms with Gasteiger partial charge in [-0.2, -0.15) is 0 Å². The van der Waals surface area contributed by atoms with Crippen LogP contribution in [0.2, 0.25) is 0 Å². The minimum absolute atomic E-state index is 0.00554. The van der Waals surface area contributed by atoms with Crippen LogP contribution in [0.1, 0.15) is 65.8 Å². The van der Waals surface area contributed by atoms with E-state index in [1.165, 1.54) is 46.6 Å². The van der Waals surface area contributed by atoms with Gasteiger partial charge in [0.05, 0.1) is 85.4 Å². The van der Waals surface area contributed by atoms with E-state index in [4.69, 9.17) is 175 Å². The molecule has 43 nitrogen and oxygen atoms in total. The fraction of sp³-hybridized carbons (Fsp3) is 0.364. The van der Waals surface area contributed by atoms with Crippen molar-refractivity contribution in [1.82, 2.24) is 38.9 Å². The first-order valence-corrected chi connectivity index (χ1v) is 44.6. The van der Waals surface area contributed by atoms with Crippen LogP contribution in [-0.2, 0) is 99.8 Å². The smallest absolute Gasteiger partial charge is 0.493 e. The van der Waals surface area contributed by atoms with Crippen molar-refractivity contribution in [2.75, 3.05) is 54.8 Å². The molecule has 704 valence electrons. The molecule has 4 unspecified atom stereocenters. The maximum Gasteiger partial charge on any atom is 0.530 e. The second-order valence-corrected chi connectivity index (χ2v) is 35.7. The summed E-state index contributed by atoms with van der Waals surface area (Å²) in [5, 5.41) is 85.7. The predicted molar refractivity (Wildman–Crippen MR) is 452 cm³/mol. The van der Waals surface area contributed by atoms with Gasteiger partial charge in [-0.25, -0.2) is 50.2 Å². The summed E-state index contributed by atoms with van der Waals surface area (Å²) in [5.41, 5.74) is -1.12. The van der Waals surface area contributed by atoms with Gasteiger partial charge in [0.25, 0.3) is 23.4 Å².